The lowest BCUT2D eigenvalue weighted by Gasteiger charge is -2.01. The first kappa shape index (κ1) is 14.1. The van der Waals surface area contributed by atoms with Crippen molar-refractivity contribution in [3.05, 3.63) is 35.0 Å². The molecule has 0 radical (unpaired) electrons. The Morgan fingerprint density at radius 2 is 2.20 bits per heavy atom. The fraction of sp³-hybridized carbons (Fsp3) is 0.231. The minimum atomic E-state index is -0.495. The zero-order valence-electron chi connectivity index (χ0n) is 11.0. The number of hydrogen-bond acceptors (Lipinski definition) is 6. The number of aromatic nitrogens is 2. The molecule has 6 nitrogen and oxygen atoms in total. The Bertz CT molecular complexity index is 625. The predicted molar refractivity (Wildman–Crippen MR) is 74.4 cm³/mol. The Morgan fingerprint density at radius 3 is 2.85 bits per heavy atom. The number of hydrogen-bond donors (Lipinski definition) is 1. The zero-order chi connectivity index (χ0) is 14.5. The Hall–Kier alpha value is -2.28. The van der Waals surface area contributed by atoms with Crippen LogP contribution in [0.2, 0.25) is 0 Å². The molecule has 0 bridgehead atoms. The highest BCUT2D eigenvalue weighted by molar-refractivity contribution is 7.17. The fourth-order valence-corrected chi connectivity index (χ4v) is 2.47. The van der Waals surface area contributed by atoms with Crippen molar-refractivity contribution in [2.45, 2.75) is 6.92 Å². The van der Waals surface area contributed by atoms with Crippen molar-refractivity contribution in [3.63, 3.8) is 0 Å². The van der Waals surface area contributed by atoms with Gasteiger partial charge in [0.25, 0.3) is 5.91 Å². The van der Waals surface area contributed by atoms with E-state index in [2.05, 4.69) is 20.0 Å². The van der Waals surface area contributed by atoms with Crippen molar-refractivity contribution in [2.24, 2.45) is 0 Å². The second-order valence-corrected chi connectivity index (χ2v) is 4.91. The minimum Gasteiger partial charge on any atom is -0.468 e. The number of methoxy groups -OCH3 is 1. The molecule has 0 atom stereocenters. The van der Waals surface area contributed by atoms with Crippen molar-refractivity contribution in [1.82, 2.24) is 15.3 Å². The maximum atomic E-state index is 12.0. The number of carbonyl (C=O) groups is 2. The monoisotopic (exact) mass is 291 g/mol. The van der Waals surface area contributed by atoms with Crippen molar-refractivity contribution >= 4 is 23.2 Å². The molecule has 0 unspecified atom stereocenters. The van der Waals surface area contributed by atoms with Gasteiger partial charge >= 0.3 is 5.97 Å². The average molecular weight is 291 g/mol. The second-order valence-electron chi connectivity index (χ2n) is 3.91. The summed E-state index contributed by atoms with van der Waals surface area (Å²) in [6, 6.07) is 5.50. The van der Waals surface area contributed by atoms with E-state index in [1.54, 1.807) is 13.1 Å². The molecule has 1 amide bonds. The van der Waals surface area contributed by atoms with Crippen molar-refractivity contribution in [1.29, 1.82) is 0 Å². The third kappa shape index (κ3) is 3.18. The molecular weight excluding hydrogens is 278 g/mol. The number of nitrogens with one attached hydrogen (secondary N) is 1. The van der Waals surface area contributed by atoms with Gasteiger partial charge in [-0.2, -0.15) is 0 Å². The largest absolute Gasteiger partial charge is 0.468 e. The molecule has 104 valence electrons. The van der Waals surface area contributed by atoms with Crippen LogP contribution in [0.3, 0.4) is 0 Å². The van der Waals surface area contributed by atoms with E-state index in [-0.39, 0.29) is 12.5 Å². The number of aryl methyl sites for hydroxylation is 1. The van der Waals surface area contributed by atoms with E-state index in [0.717, 1.165) is 0 Å². The summed E-state index contributed by atoms with van der Waals surface area (Å²) in [6.07, 6.45) is 1.67. The second kappa shape index (κ2) is 6.25. The Kier molecular flexibility index (Phi) is 4.41. The Morgan fingerprint density at radius 1 is 1.40 bits per heavy atom. The first-order valence-electron chi connectivity index (χ1n) is 5.85. The van der Waals surface area contributed by atoms with Gasteiger partial charge in [-0.1, -0.05) is 6.07 Å². The number of thiazole rings is 1. The molecule has 0 aliphatic heterocycles. The number of nitrogens with zero attached hydrogens (tertiary/aromatic N) is 2. The topological polar surface area (TPSA) is 81.2 Å². The summed E-state index contributed by atoms with van der Waals surface area (Å²) in [7, 11) is 1.27. The highest BCUT2D eigenvalue weighted by Crippen LogP contribution is 2.26. The van der Waals surface area contributed by atoms with E-state index in [4.69, 9.17) is 0 Å². The lowest BCUT2D eigenvalue weighted by molar-refractivity contribution is -0.139. The van der Waals surface area contributed by atoms with Crippen molar-refractivity contribution in [3.8, 4) is 10.7 Å². The molecule has 0 fully saturated rings. The van der Waals surface area contributed by atoms with Crippen LogP contribution in [0, 0.1) is 6.92 Å². The number of pyridine rings is 1. The summed E-state index contributed by atoms with van der Waals surface area (Å²) in [5.74, 6) is -0.835. The van der Waals surface area contributed by atoms with Gasteiger partial charge < -0.3 is 10.1 Å². The van der Waals surface area contributed by atoms with Crippen LogP contribution in [0.25, 0.3) is 10.7 Å². The van der Waals surface area contributed by atoms with Crippen LogP contribution in [-0.2, 0) is 9.53 Å². The minimum absolute atomic E-state index is 0.161. The molecule has 0 aliphatic rings. The lowest BCUT2D eigenvalue weighted by atomic mass is 10.3. The van der Waals surface area contributed by atoms with Gasteiger partial charge in [0.15, 0.2) is 0 Å². The first-order chi connectivity index (χ1) is 9.61. The maximum Gasteiger partial charge on any atom is 0.325 e. The quantitative estimate of drug-likeness (QED) is 0.862. The smallest absolute Gasteiger partial charge is 0.325 e. The predicted octanol–water partition coefficient (Wildman–Crippen LogP) is 1.42. The van der Waals surface area contributed by atoms with Crippen LogP contribution in [0.4, 0.5) is 0 Å². The van der Waals surface area contributed by atoms with Gasteiger partial charge in [-0.05, 0) is 19.1 Å². The molecule has 2 rings (SSSR count). The van der Waals surface area contributed by atoms with Gasteiger partial charge in [0.1, 0.15) is 16.4 Å². The van der Waals surface area contributed by atoms with Crippen LogP contribution >= 0.6 is 11.3 Å². The van der Waals surface area contributed by atoms with Gasteiger partial charge in [-0.25, -0.2) is 4.98 Å². The summed E-state index contributed by atoms with van der Waals surface area (Å²) in [5.41, 5.74) is 1.32. The number of carbonyl (C=O) groups excluding carboxylic acids is 2. The van der Waals surface area contributed by atoms with Crippen LogP contribution in [0.15, 0.2) is 24.4 Å². The highest BCUT2D eigenvalue weighted by atomic mass is 32.1. The van der Waals surface area contributed by atoms with E-state index < -0.39 is 5.97 Å². The van der Waals surface area contributed by atoms with Crippen molar-refractivity contribution in [2.75, 3.05) is 13.7 Å². The molecule has 20 heavy (non-hydrogen) atoms. The molecule has 7 heteroatoms. The molecule has 2 aromatic rings. The van der Waals surface area contributed by atoms with Crippen LogP contribution in [0.1, 0.15) is 15.4 Å². The van der Waals surface area contributed by atoms with Crippen LogP contribution in [0.5, 0.6) is 0 Å². The van der Waals surface area contributed by atoms with E-state index in [1.165, 1.54) is 18.4 Å². The first-order valence-corrected chi connectivity index (χ1v) is 6.67. The third-order valence-electron chi connectivity index (χ3n) is 2.51. The lowest BCUT2D eigenvalue weighted by Crippen LogP contribution is -2.29. The van der Waals surface area contributed by atoms with E-state index in [9.17, 15) is 9.59 Å². The van der Waals surface area contributed by atoms with Gasteiger partial charge in [-0.3, -0.25) is 14.6 Å². The average Bonchev–Trinajstić information content (AvgIpc) is 2.87. The Balaban J connectivity index is 2.15. The van der Waals surface area contributed by atoms with E-state index in [1.807, 2.05) is 18.2 Å². The molecule has 1 N–H and O–H groups in total. The number of amides is 1. The number of ether oxygens (including phenoxy) is 1. The van der Waals surface area contributed by atoms with E-state index >= 15 is 0 Å². The van der Waals surface area contributed by atoms with Gasteiger partial charge in [0.2, 0.25) is 0 Å². The molecule has 0 spiro atoms. The van der Waals surface area contributed by atoms with E-state index in [0.29, 0.717) is 21.3 Å². The van der Waals surface area contributed by atoms with Gasteiger partial charge in [0, 0.05) is 6.20 Å². The van der Waals surface area contributed by atoms with Gasteiger partial charge in [0.05, 0.1) is 18.5 Å². The molecule has 2 heterocycles. The fourth-order valence-electron chi connectivity index (χ4n) is 1.51. The summed E-state index contributed by atoms with van der Waals surface area (Å²) in [6.45, 7) is 1.58. The molecule has 0 aliphatic carbocycles. The molecule has 2 aromatic heterocycles. The third-order valence-corrected chi connectivity index (χ3v) is 3.69. The summed E-state index contributed by atoms with van der Waals surface area (Å²) < 4.78 is 4.47. The normalized spacial score (nSPS) is 10.1. The van der Waals surface area contributed by atoms with Crippen LogP contribution < -0.4 is 5.32 Å². The molecule has 0 aromatic carbocycles. The number of esters is 1. The van der Waals surface area contributed by atoms with Gasteiger partial charge in [-0.15, -0.1) is 11.3 Å². The summed E-state index contributed by atoms with van der Waals surface area (Å²) >= 11 is 1.24. The Labute approximate surface area is 119 Å². The van der Waals surface area contributed by atoms with Crippen molar-refractivity contribution < 1.29 is 14.3 Å². The SMILES string of the molecule is COC(=O)CNC(=O)c1sc(-c2ccccn2)nc1C. The standard InChI is InChI=1S/C13H13N3O3S/c1-8-11(12(18)15-7-10(17)19-2)20-13(16-8)9-5-3-4-6-14-9/h3-6H,7H2,1-2H3,(H,15,18). The summed E-state index contributed by atoms with van der Waals surface area (Å²) in [5, 5.41) is 3.16. The molecule has 0 saturated heterocycles. The zero-order valence-corrected chi connectivity index (χ0v) is 11.9. The molecular formula is C13H13N3O3S. The number of rotatable bonds is 4. The highest BCUT2D eigenvalue weighted by Gasteiger charge is 2.17. The molecule has 0 saturated carbocycles. The van der Waals surface area contributed by atoms with Crippen LogP contribution in [-0.4, -0.2) is 35.5 Å². The maximum absolute atomic E-state index is 12.0. The summed E-state index contributed by atoms with van der Waals surface area (Å²) in [4.78, 5) is 31.9.